The topological polar surface area (TPSA) is 67.4 Å². The van der Waals surface area contributed by atoms with E-state index < -0.39 is 0 Å². The standard InChI is InChI=1S/C19H20BrClN2O3/c1-3-12(2)22-19(25)14-6-4-5-7-16(14)23-18(24)11-26-17-9-8-13(20)10-15(17)21/h4-10,12H,3,11H2,1-2H3,(H,22,25)(H,23,24). The molecule has 0 spiro atoms. The van der Waals surface area contributed by atoms with E-state index in [1.54, 1.807) is 42.5 Å². The minimum atomic E-state index is -0.382. The number of hydrogen-bond donors (Lipinski definition) is 2. The molecule has 2 aromatic carbocycles. The van der Waals surface area contributed by atoms with Crippen molar-refractivity contribution < 1.29 is 14.3 Å². The Labute approximate surface area is 166 Å². The maximum absolute atomic E-state index is 12.4. The van der Waals surface area contributed by atoms with Crippen LogP contribution >= 0.6 is 27.5 Å². The van der Waals surface area contributed by atoms with E-state index in [1.165, 1.54) is 0 Å². The van der Waals surface area contributed by atoms with Crippen LogP contribution in [0.15, 0.2) is 46.9 Å². The van der Waals surface area contributed by atoms with Gasteiger partial charge < -0.3 is 15.4 Å². The summed E-state index contributed by atoms with van der Waals surface area (Å²) in [6.45, 7) is 3.70. The zero-order valence-corrected chi connectivity index (χ0v) is 16.9. The van der Waals surface area contributed by atoms with Crippen molar-refractivity contribution in [1.29, 1.82) is 0 Å². The van der Waals surface area contributed by atoms with Gasteiger partial charge in [-0.1, -0.05) is 46.6 Å². The molecule has 0 heterocycles. The second kappa shape index (κ2) is 9.59. The van der Waals surface area contributed by atoms with Crippen molar-refractivity contribution >= 4 is 45.0 Å². The fourth-order valence-corrected chi connectivity index (χ4v) is 2.84. The van der Waals surface area contributed by atoms with Gasteiger partial charge in [-0.05, 0) is 43.7 Å². The van der Waals surface area contributed by atoms with Gasteiger partial charge in [-0.25, -0.2) is 0 Å². The third-order valence-corrected chi connectivity index (χ3v) is 4.48. The normalized spacial score (nSPS) is 11.5. The monoisotopic (exact) mass is 438 g/mol. The van der Waals surface area contributed by atoms with Crippen LogP contribution in [-0.2, 0) is 4.79 Å². The zero-order valence-electron chi connectivity index (χ0n) is 14.5. The molecule has 7 heteroatoms. The number of para-hydroxylation sites is 1. The summed E-state index contributed by atoms with van der Waals surface area (Å²) >= 11 is 9.37. The maximum Gasteiger partial charge on any atom is 0.262 e. The summed E-state index contributed by atoms with van der Waals surface area (Å²) in [5.74, 6) is -0.201. The third kappa shape index (κ3) is 5.75. The number of hydrogen-bond acceptors (Lipinski definition) is 3. The van der Waals surface area contributed by atoms with Gasteiger partial charge in [0.15, 0.2) is 6.61 Å². The van der Waals surface area contributed by atoms with Crippen LogP contribution in [0.5, 0.6) is 5.75 Å². The Balaban J connectivity index is 2.01. The number of amides is 2. The highest BCUT2D eigenvalue weighted by molar-refractivity contribution is 9.10. The maximum atomic E-state index is 12.4. The van der Waals surface area contributed by atoms with Crippen molar-refractivity contribution in [3.05, 3.63) is 57.5 Å². The van der Waals surface area contributed by atoms with Gasteiger partial charge in [0.2, 0.25) is 0 Å². The number of halogens is 2. The minimum absolute atomic E-state index is 0.0501. The van der Waals surface area contributed by atoms with Gasteiger partial charge in [0.05, 0.1) is 16.3 Å². The van der Waals surface area contributed by atoms with Crippen LogP contribution in [0.25, 0.3) is 0 Å². The van der Waals surface area contributed by atoms with Crippen molar-refractivity contribution in [3.63, 3.8) is 0 Å². The Morgan fingerprint density at radius 1 is 1.23 bits per heavy atom. The molecule has 138 valence electrons. The molecule has 1 atom stereocenters. The first-order chi connectivity index (χ1) is 12.4. The minimum Gasteiger partial charge on any atom is -0.482 e. The molecule has 0 saturated heterocycles. The lowest BCUT2D eigenvalue weighted by Gasteiger charge is -2.15. The molecule has 0 radical (unpaired) electrons. The van der Waals surface area contributed by atoms with Crippen molar-refractivity contribution in [2.75, 3.05) is 11.9 Å². The van der Waals surface area contributed by atoms with Crippen molar-refractivity contribution in [2.45, 2.75) is 26.3 Å². The van der Waals surface area contributed by atoms with E-state index in [9.17, 15) is 9.59 Å². The molecule has 26 heavy (non-hydrogen) atoms. The van der Waals surface area contributed by atoms with Crippen LogP contribution in [-0.4, -0.2) is 24.5 Å². The number of nitrogens with one attached hydrogen (secondary N) is 2. The number of carbonyl (C=O) groups is 2. The van der Waals surface area contributed by atoms with Crippen LogP contribution in [0.1, 0.15) is 30.6 Å². The van der Waals surface area contributed by atoms with Gasteiger partial charge in [-0.2, -0.15) is 0 Å². The zero-order chi connectivity index (χ0) is 19.1. The Morgan fingerprint density at radius 3 is 2.65 bits per heavy atom. The summed E-state index contributed by atoms with van der Waals surface area (Å²) in [5.41, 5.74) is 0.839. The van der Waals surface area contributed by atoms with Gasteiger partial charge in [-0.15, -0.1) is 0 Å². The lowest BCUT2D eigenvalue weighted by molar-refractivity contribution is -0.118. The van der Waals surface area contributed by atoms with E-state index in [4.69, 9.17) is 16.3 Å². The number of anilines is 1. The van der Waals surface area contributed by atoms with E-state index in [1.807, 2.05) is 13.8 Å². The van der Waals surface area contributed by atoms with Crippen molar-refractivity contribution in [1.82, 2.24) is 5.32 Å². The van der Waals surface area contributed by atoms with E-state index in [2.05, 4.69) is 26.6 Å². The largest absolute Gasteiger partial charge is 0.482 e. The molecule has 2 N–H and O–H groups in total. The molecular weight excluding hydrogens is 420 g/mol. The Hall–Kier alpha value is -2.05. The van der Waals surface area contributed by atoms with Gasteiger partial charge in [-0.3, -0.25) is 9.59 Å². The molecule has 2 rings (SSSR count). The Morgan fingerprint density at radius 2 is 1.96 bits per heavy atom. The quantitative estimate of drug-likeness (QED) is 0.660. The van der Waals surface area contributed by atoms with Crippen LogP contribution in [0.2, 0.25) is 5.02 Å². The molecule has 0 aliphatic rings. The van der Waals surface area contributed by atoms with Crippen molar-refractivity contribution in [3.8, 4) is 5.75 Å². The van der Waals surface area contributed by atoms with E-state index in [-0.39, 0.29) is 24.5 Å². The molecule has 0 bridgehead atoms. The lowest BCUT2D eigenvalue weighted by atomic mass is 10.1. The predicted octanol–water partition coefficient (Wildman–Crippen LogP) is 4.65. The second-order valence-electron chi connectivity index (χ2n) is 5.74. The highest BCUT2D eigenvalue weighted by Crippen LogP contribution is 2.27. The summed E-state index contributed by atoms with van der Waals surface area (Å²) in [6, 6.07) is 12.0. The molecular formula is C19H20BrClN2O3. The van der Waals surface area contributed by atoms with Gasteiger partial charge in [0, 0.05) is 10.5 Å². The van der Waals surface area contributed by atoms with Crippen LogP contribution in [0, 0.1) is 0 Å². The predicted molar refractivity (Wildman–Crippen MR) is 107 cm³/mol. The fraction of sp³-hybridized carbons (Fsp3) is 0.263. The van der Waals surface area contributed by atoms with E-state index in [0.29, 0.717) is 22.0 Å². The smallest absolute Gasteiger partial charge is 0.262 e. The number of benzene rings is 2. The summed E-state index contributed by atoms with van der Waals surface area (Å²) in [7, 11) is 0. The van der Waals surface area contributed by atoms with Crippen LogP contribution in [0.4, 0.5) is 5.69 Å². The first-order valence-electron chi connectivity index (χ1n) is 8.18. The first kappa shape index (κ1) is 20.3. The molecule has 0 aliphatic carbocycles. The molecule has 5 nitrogen and oxygen atoms in total. The second-order valence-corrected chi connectivity index (χ2v) is 7.06. The third-order valence-electron chi connectivity index (χ3n) is 3.69. The summed E-state index contributed by atoms with van der Waals surface area (Å²) in [5, 5.41) is 6.00. The molecule has 0 aliphatic heterocycles. The summed E-state index contributed by atoms with van der Waals surface area (Å²) < 4.78 is 6.26. The summed E-state index contributed by atoms with van der Waals surface area (Å²) in [6.07, 6.45) is 0.821. The molecule has 1 unspecified atom stereocenters. The van der Waals surface area contributed by atoms with Gasteiger partial charge in [0.1, 0.15) is 5.75 Å². The molecule has 2 amide bonds. The molecule has 0 saturated carbocycles. The van der Waals surface area contributed by atoms with E-state index >= 15 is 0 Å². The molecule has 2 aromatic rings. The van der Waals surface area contributed by atoms with Gasteiger partial charge in [0.25, 0.3) is 11.8 Å². The molecule has 0 aromatic heterocycles. The van der Waals surface area contributed by atoms with Gasteiger partial charge >= 0.3 is 0 Å². The van der Waals surface area contributed by atoms with Crippen LogP contribution in [0.3, 0.4) is 0 Å². The van der Waals surface area contributed by atoms with E-state index in [0.717, 1.165) is 10.9 Å². The fourth-order valence-electron chi connectivity index (χ4n) is 2.12. The number of rotatable bonds is 7. The Kier molecular flexibility index (Phi) is 7.48. The lowest BCUT2D eigenvalue weighted by Crippen LogP contribution is -2.33. The van der Waals surface area contributed by atoms with Crippen LogP contribution < -0.4 is 15.4 Å². The average molecular weight is 440 g/mol. The van der Waals surface area contributed by atoms with Crippen molar-refractivity contribution in [2.24, 2.45) is 0 Å². The first-order valence-corrected chi connectivity index (χ1v) is 9.35. The average Bonchev–Trinajstić information content (AvgIpc) is 2.61. The summed E-state index contributed by atoms with van der Waals surface area (Å²) in [4.78, 5) is 24.6. The molecule has 0 fully saturated rings. The SMILES string of the molecule is CCC(C)NC(=O)c1ccccc1NC(=O)COc1ccc(Br)cc1Cl. The Bertz CT molecular complexity index is 798. The highest BCUT2D eigenvalue weighted by Gasteiger charge is 2.15. The number of ether oxygens (including phenoxy) is 1. The highest BCUT2D eigenvalue weighted by atomic mass is 79.9. The number of carbonyl (C=O) groups excluding carboxylic acids is 2.